The van der Waals surface area contributed by atoms with Crippen LogP contribution in [0.25, 0.3) is 6.08 Å². The third kappa shape index (κ3) is 8.34. The molecule has 42 heavy (non-hydrogen) atoms. The number of pyridine rings is 1. The molecule has 0 aliphatic rings. The molecule has 3 aromatic carbocycles. The number of benzene rings is 3. The Morgan fingerprint density at radius 1 is 0.976 bits per heavy atom. The molecule has 0 aliphatic heterocycles. The molecule has 1 unspecified atom stereocenters. The molecule has 12 heteroatoms. The van der Waals surface area contributed by atoms with Crippen LogP contribution in [0.3, 0.4) is 0 Å². The highest BCUT2D eigenvalue weighted by atomic mass is 35.5. The van der Waals surface area contributed by atoms with Gasteiger partial charge in [0.15, 0.2) is 0 Å². The van der Waals surface area contributed by atoms with Gasteiger partial charge in [-0.05, 0) is 77.7 Å². The molecule has 218 valence electrons. The van der Waals surface area contributed by atoms with E-state index in [1.165, 1.54) is 0 Å². The van der Waals surface area contributed by atoms with Gasteiger partial charge in [-0.1, -0.05) is 54.1 Å². The van der Waals surface area contributed by atoms with E-state index in [4.69, 9.17) is 11.6 Å². The molecular weight excluding hydrogens is 593 g/mol. The number of anilines is 1. The molecule has 4 rings (SSSR count). The van der Waals surface area contributed by atoms with Crippen molar-refractivity contribution in [3.05, 3.63) is 125 Å². The first-order valence-electron chi connectivity index (χ1n) is 12.4. The fraction of sp³-hybridized carbons (Fsp3) is 0.133. The zero-order chi connectivity index (χ0) is 30.3. The van der Waals surface area contributed by atoms with Crippen molar-refractivity contribution in [3.63, 3.8) is 0 Å². The van der Waals surface area contributed by atoms with Crippen LogP contribution in [0.15, 0.2) is 108 Å². The van der Waals surface area contributed by atoms with Crippen LogP contribution in [0, 0.1) is 5.92 Å². The van der Waals surface area contributed by atoms with E-state index in [0.717, 1.165) is 34.1 Å². The molecule has 0 spiro atoms. The lowest BCUT2D eigenvalue weighted by molar-refractivity contribution is -0.274. The minimum absolute atomic E-state index is 0.0955. The summed E-state index contributed by atoms with van der Waals surface area (Å²) in [7, 11) is -4.25. The van der Waals surface area contributed by atoms with Gasteiger partial charge in [0.25, 0.3) is 10.0 Å². The Labute approximate surface area is 245 Å². The Kier molecular flexibility index (Phi) is 9.54. The maximum Gasteiger partial charge on any atom is 0.573 e. The van der Waals surface area contributed by atoms with Crippen molar-refractivity contribution in [1.82, 2.24) is 4.98 Å². The van der Waals surface area contributed by atoms with Crippen LogP contribution in [0.4, 0.5) is 18.9 Å². The van der Waals surface area contributed by atoms with E-state index in [1.54, 1.807) is 85.2 Å². The van der Waals surface area contributed by atoms with Crippen LogP contribution in [0.2, 0.25) is 5.02 Å². The Morgan fingerprint density at radius 2 is 1.64 bits per heavy atom. The number of sulfonamides is 1. The lowest BCUT2D eigenvalue weighted by atomic mass is 9.99. The lowest BCUT2D eigenvalue weighted by Gasteiger charge is -2.25. The topological polar surface area (TPSA) is 96.8 Å². The first-order chi connectivity index (χ1) is 19.9. The van der Waals surface area contributed by atoms with Gasteiger partial charge in [0.2, 0.25) is 0 Å². The number of aromatic nitrogens is 1. The van der Waals surface area contributed by atoms with Crippen LogP contribution in [0.1, 0.15) is 16.7 Å². The van der Waals surface area contributed by atoms with Gasteiger partial charge in [0.05, 0.1) is 23.0 Å². The summed E-state index contributed by atoms with van der Waals surface area (Å²) in [6, 6.07) is 20.4. The zero-order valence-corrected chi connectivity index (χ0v) is 23.4. The zero-order valence-electron chi connectivity index (χ0n) is 21.8. The van der Waals surface area contributed by atoms with Gasteiger partial charge in [-0.3, -0.25) is 14.1 Å². The maximum atomic E-state index is 13.7. The van der Waals surface area contributed by atoms with Crippen LogP contribution in [0.5, 0.6) is 5.75 Å². The quantitative estimate of drug-likeness (QED) is 0.195. The number of aliphatic carboxylic acids is 1. The van der Waals surface area contributed by atoms with Crippen molar-refractivity contribution in [1.29, 1.82) is 0 Å². The fourth-order valence-corrected chi connectivity index (χ4v) is 5.58. The average Bonchev–Trinajstić information content (AvgIpc) is 2.95. The molecule has 1 heterocycles. The summed E-state index contributed by atoms with van der Waals surface area (Å²) in [6.45, 7) is -0.0955. The SMILES string of the molecule is O=C(O)C(C=Cc1ccc(N(Cc2ccc(Cl)cc2)S(=O)(=O)c2ccc(OC(F)(F)F)cc2)cc1)Cc1cccnc1. The van der Waals surface area contributed by atoms with Crippen molar-refractivity contribution in [2.45, 2.75) is 24.2 Å². The molecule has 1 atom stereocenters. The van der Waals surface area contributed by atoms with E-state index in [2.05, 4.69) is 9.72 Å². The van der Waals surface area contributed by atoms with Crippen molar-refractivity contribution in [2.24, 2.45) is 5.92 Å². The van der Waals surface area contributed by atoms with E-state index in [1.807, 2.05) is 0 Å². The third-order valence-corrected chi connectivity index (χ3v) is 8.12. The Morgan fingerprint density at radius 3 is 2.21 bits per heavy atom. The van der Waals surface area contributed by atoms with Crippen LogP contribution in [-0.4, -0.2) is 30.8 Å². The number of carboxylic acids is 1. The molecule has 0 radical (unpaired) electrons. The summed E-state index contributed by atoms with van der Waals surface area (Å²) in [5.74, 6) is -2.36. The molecule has 0 fully saturated rings. The normalized spacial score (nSPS) is 12.7. The summed E-state index contributed by atoms with van der Waals surface area (Å²) in [5.41, 5.74) is 2.30. The first kappa shape index (κ1) is 30.6. The standard InChI is InChI=1S/C30H24ClF3N2O5S/c31-25-9-4-22(5-10-25)20-36(42(39,40)28-15-13-27(14-16-28)41-30(32,33)34)26-11-6-21(7-12-26)3-8-24(29(37)38)18-23-2-1-17-35-19-23/h1-17,19,24H,18,20H2,(H,37,38). The van der Waals surface area contributed by atoms with Gasteiger partial charge >= 0.3 is 12.3 Å². The predicted octanol–water partition coefficient (Wildman–Crippen LogP) is 6.99. The number of rotatable bonds is 11. The molecule has 0 saturated carbocycles. The van der Waals surface area contributed by atoms with E-state index >= 15 is 0 Å². The molecule has 0 aliphatic carbocycles. The number of halogens is 4. The first-order valence-corrected chi connectivity index (χ1v) is 14.3. The maximum absolute atomic E-state index is 13.7. The summed E-state index contributed by atoms with van der Waals surface area (Å²) in [6.07, 6.45) is 1.72. The van der Waals surface area contributed by atoms with Gasteiger partial charge < -0.3 is 9.84 Å². The Hall–Kier alpha value is -4.35. The number of carbonyl (C=O) groups is 1. The highest BCUT2D eigenvalue weighted by Crippen LogP contribution is 2.30. The molecule has 1 aromatic heterocycles. The Balaban J connectivity index is 1.61. The molecule has 0 amide bonds. The van der Waals surface area contributed by atoms with Crippen molar-refractivity contribution >= 4 is 39.4 Å². The highest BCUT2D eigenvalue weighted by Gasteiger charge is 2.31. The average molecular weight is 617 g/mol. The highest BCUT2D eigenvalue weighted by molar-refractivity contribution is 7.92. The molecule has 0 saturated heterocycles. The van der Waals surface area contributed by atoms with Gasteiger partial charge in [0.1, 0.15) is 5.75 Å². The van der Waals surface area contributed by atoms with Gasteiger partial charge in [-0.2, -0.15) is 0 Å². The second-order valence-corrected chi connectivity index (χ2v) is 11.4. The van der Waals surface area contributed by atoms with E-state index in [0.29, 0.717) is 16.1 Å². The fourth-order valence-electron chi connectivity index (χ4n) is 4.00. The Bertz CT molecular complexity index is 1630. The van der Waals surface area contributed by atoms with Gasteiger partial charge in [-0.15, -0.1) is 13.2 Å². The minimum Gasteiger partial charge on any atom is -0.481 e. The van der Waals surface area contributed by atoms with E-state index in [9.17, 15) is 31.5 Å². The van der Waals surface area contributed by atoms with Crippen LogP contribution < -0.4 is 9.04 Å². The number of carboxylic acid groups (broad SMARTS) is 1. The largest absolute Gasteiger partial charge is 0.573 e. The predicted molar refractivity (Wildman–Crippen MR) is 152 cm³/mol. The smallest absolute Gasteiger partial charge is 0.481 e. The van der Waals surface area contributed by atoms with Crippen molar-refractivity contribution in [3.8, 4) is 5.75 Å². The van der Waals surface area contributed by atoms with Crippen LogP contribution in [-0.2, 0) is 27.8 Å². The molecule has 0 bridgehead atoms. The minimum atomic E-state index is -4.92. The summed E-state index contributed by atoms with van der Waals surface area (Å²) < 4.78 is 70.1. The monoisotopic (exact) mass is 616 g/mol. The van der Waals surface area contributed by atoms with Crippen LogP contribution >= 0.6 is 11.6 Å². The number of alkyl halides is 3. The molecule has 7 nitrogen and oxygen atoms in total. The van der Waals surface area contributed by atoms with Crippen molar-refractivity contribution < 1.29 is 36.2 Å². The van der Waals surface area contributed by atoms with E-state index < -0.39 is 34.0 Å². The van der Waals surface area contributed by atoms with Gasteiger partial charge in [0, 0.05) is 17.4 Å². The van der Waals surface area contributed by atoms with E-state index in [-0.39, 0.29) is 23.5 Å². The second kappa shape index (κ2) is 13.1. The summed E-state index contributed by atoms with van der Waals surface area (Å²) in [5, 5.41) is 10.1. The number of nitrogens with zero attached hydrogens (tertiary/aromatic N) is 2. The number of ether oxygens (including phenoxy) is 1. The molecular formula is C30H24ClF3N2O5S. The van der Waals surface area contributed by atoms with Crippen molar-refractivity contribution in [2.75, 3.05) is 4.31 Å². The number of hydrogen-bond acceptors (Lipinski definition) is 5. The van der Waals surface area contributed by atoms with Gasteiger partial charge in [-0.25, -0.2) is 8.42 Å². The summed E-state index contributed by atoms with van der Waals surface area (Å²) >= 11 is 5.98. The molecule has 1 N–H and O–H groups in total. The second-order valence-electron chi connectivity index (χ2n) is 9.12. The third-order valence-electron chi connectivity index (χ3n) is 6.08. The number of hydrogen-bond donors (Lipinski definition) is 1. The summed E-state index contributed by atoms with van der Waals surface area (Å²) in [4.78, 5) is 15.5. The molecule has 4 aromatic rings. The lowest BCUT2D eigenvalue weighted by Crippen LogP contribution is -2.30.